The Morgan fingerprint density at radius 2 is 1.46 bits per heavy atom. The molecule has 0 heterocycles. The molecule has 0 aromatic rings. The Morgan fingerprint density at radius 1 is 0.893 bits per heavy atom. The van der Waals surface area contributed by atoms with Gasteiger partial charge in [0.05, 0.1) is 18.9 Å². The number of hydrogen-bond donors (Lipinski definition) is 8. The minimum Gasteiger partial charge on any atom is -0.481 e. The first-order chi connectivity index (χ1) is 12.9. The van der Waals surface area contributed by atoms with Gasteiger partial charge in [-0.05, 0) is 12.8 Å². The van der Waals surface area contributed by atoms with Gasteiger partial charge in [-0.3, -0.25) is 19.4 Å². The average molecular weight is 404 g/mol. The summed E-state index contributed by atoms with van der Waals surface area (Å²) in [5.74, 6) is -6.44. The van der Waals surface area contributed by atoms with E-state index in [-0.39, 0.29) is 25.3 Å². The number of carboxylic acids is 3. The van der Waals surface area contributed by atoms with Gasteiger partial charge < -0.3 is 43.2 Å². The van der Waals surface area contributed by atoms with Crippen LogP contribution in [0.5, 0.6) is 0 Å². The van der Waals surface area contributed by atoms with Crippen LogP contribution in [0, 0.1) is 0 Å². The molecule has 14 heteroatoms. The Kier molecular flexibility index (Phi) is 10.6. The molecule has 0 aromatic heterocycles. The molecule has 28 heavy (non-hydrogen) atoms. The summed E-state index contributed by atoms with van der Waals surface area (Å²) in [6.45, 7) is 0.157. The Morgan fingerprint density at radius 3 is 1.93 bits per heavy atom. The molecule has 0 spiro atoms. The summed E-state index contributed by atoms with van der Waals surface area (Å²) in [6.07, 6.45) is -1.24. The SMILES string of the molecule is NC(N)=NCCC[C@H](NC(=O)C[C@H](N)C(=O)N[C@@H](CC(=O)O)C(=O)O)C(=O)O. The van der Waals surface area contributed by atoms with Gasteiger partial charge in [0.2, 0.25) is 11.8 Å². The van der Waals surface area contributed by atoms with Crippen LogP contribution in [0.25, 0.3) is 0 Å². The number of carbonyl (C=O) groups excluding carboxylic acids is 2. The van der Waals surface area contributed by atoms with Crippen molar-refractivity contribution in [3.05, 3.63) is 0 Å². The molecule has 158 valence electrons. The van der Waals surface area contributed by atoms with Crippen molar-refractivity contribution < 1.29 is 39.3 Å². The van der Waals surface area contributed by atoms with Gasteiger partial charge in [-0.2, -0.15) is 0 Å². The number of hydrogen-bond acceptors (Lipinski definition) is 7. The van der Waals surface area contributed by atoms with Crippen LogP contribution in [-0.4, -0.2) is 75.7 Å². The quantitative estimate of drug-likeness (QED) is 0.0843. The van der Waals surface area contributed by atoms with Gasteiger partial charge in [0.15, 0.2) is 5.96 Å². The lowest BCUT2D eigenvalue weighted by atomic mass is 10.1. The third-order valence-electron chi connectivity index (χ3n) is 3.31. The lowest BCUT2D eigenvalue weighted by Gasteiger charge is -2.18. The Balaban J connectivity index is 4.65. The first-order valence-corrected chi connectivity index (χ1v) is 8.02. The van der Waals surface area contributed by atoms with Crippen LogP contribution in [0.3, 0.4) is 0 Å². The maximum atomic E-state index is 11.9. The summed E-state index contributed by atoms with van der Waals surface area (Å²) in [6, 6.07) is -4.50. The monoisotopic (exact) mass is 404 g/mol. The highest BCUT2D eigenvalue weighted by molar-refractivity contribution is 5.92. The molecule has 0 saturated heterocycles. The molecule has 0 fully saturated rings. The van der Waals surface area contributed by atoms with Gasteiger partial charge in [-0.25, -0.2) is 9.59 Å². The van der Waals surface area contributed by atoms with Crippen molar-refractivity contribution in [1.82, 2.24) is 10.6 Å². The van der Waals surface area contributed by atoms with Crippen LogP contribution in [-0.2, 0) is 24.0 Å². The fraction of sp³-hybridized carbons (Fsp3) is 0.571. The van der Waals surface area contributed by atoms with E-state index in [9.17, 15) is 24.0 Å². The number of nitrogens with two attached hydrogens (primary N) is 3. The smallest absolute Gasteiger partial charge is 0.326 e. The summed E-state index contributed by atoms with van der Waals surface area (Å²) >= 11 is 0. The highest BCUT2D eigenvalue weighted by atomic mass is 16.4. The lowest BCUT2D eigenvalue weighted by molar-refractivity contribution is -0.147. The van der Waals surface area contributed by atoms with Gasteiger partial charge in [-0.15, -0.1) is 0 Å². The van der Waals surface area contributed by atoms with E-state index in [0.717, 1.165) is 0 Å². The number of amides is 2. The van der Waals surface area contributed by atoms with Crippen LogP contribution in [0.15, 0.2) is 4.99 Å². The number of carboxylic acid groups (broad SMARTS) is 3. The van der Waals surface area contributed by atoms with Gasteiger partial charge in [0.1, 0.15) is 12.1 Å². The van der Waals surface area contributed by atoms with E-state index < -0.39 is 60.7 Å². The van der Waals surface area contributed by atoms with E-state index in [1.165, 1.54) is 0 Å². The molecule has 0 radical (unpaired) electrons. The van der Waals surface area contributed by atoms with Gasteiger partial charge in [-0.1, -0.05) is 0 Å². The summed E-state index contributed by atoms with van der Waals surface area (Å²) in [5, 5.41) is 30.7. The molecule has 0 rings (SSSR count). The Bertz CT molecular complexity index is 633. The predicted molar refractivity (Wildman–Crippen MR) is 93.9 cm³/mol. The number of aliphatic carboxylic acids is 3. The molecule has 11 N–H and O–H groups in total. The standard InChI is InChI=1S/C14H24N6O8/c15-6(11(24)20-8(13(27)28)5-10(22)23)4-9(21)19-7(12(25)26)2-1-3-18-14(16)17/h6-8H,1-5,15H2,(H,19,21)(H,20,24)(H,22,23)(H,25,26)(H,27,28)(H4,16,17,18)/t6-,7-,8-/m0/s1. The second-order valence-electron chi connectivity index (χ2n) is 5.72. The fourth-order valence-electron chi connectivity index (χ4n) is 1.96. The zero-order chi connectivity index (χ0) is 21.9. The van der Waals surface area contributed by atoms with E-state index in [4.69, 9.17) is 32.5 Å². The van der Waals surface area contributed by atoms with E-state index in [2.05, 4.69) is 10.3 Å². The fourth-order valence-corrected chi connectivity index (χ4v) is 1.96. The van der Waals surface area contributed by atoms with Crippen LogP contribution in [0.1, 0.15) is 25.7 Å². The lowest BCUT2D eigenvalue weighted by Crippen LogP contribution is -2.51. The van der Waals surface area contributed by atoms with Crippen LogP contribution in [0.4, 0.5) is 0 Å². The van der Waals surface area contributed by atoms with Crippen molar-refractivity contribution in [2.75, 3.05) is 6.54 Å². The van der Waals surface area contributed by atoms with Crippen molar-refractivity contribution in [3.8, 4) is 0 Å². The molecule has 0 unspecified atom stereocenters. The molecular weight excluding hydrogens is 380 g/mol. The average Bonchev–Trinajstić information content (AvgIpc) is 2.55. The first kappa shape index (κ1) is 24.6. The number of guanidine groups is 1. The van der Waals surface area contributed by atoms with Crippen molar-refractivity contribution in [2.45, 2.75) is 43.8 Å². The van der Waals surface area contributed by atoms with Gasteiger partial charge >= 0.3 is 17.9 Å². The zero-order valence-corrected chi connectivity index (χ0v) is 14.8. The van der Waals surface area contributed by atoms with Crippen molar-refractivity contribution in [2.24, 2.45) is 22.2 Å². The number of nitrogens with one attached hydrogen (secondary N) is 2. The largest absolute Gasteiger partial charge is 0.481 e. The molecule has 0 saturated carbocycles. The third kappa shape index (κ3) is 10.5. The van der Waals surface area contributed by atoms with E-state index >= 15 is 0 Å². The summed E-state index contributed by atoms with van der Waals surface area (Å²) in [4.78, 5) is 60.1. The Hall–Kier alpha value is -3.42. The van der Waals surface area contributed by atoms with Gasteiger partial charge in [0, 0.05) is 6.54 Å². The normalized spacial score (nSPS) is 13.5. The number of nitrogens with zero attached hydrogens (tertiary/aromatic N) is 1. The van der Waals surface area contributed by atoms with E-state index in [1.54, 1.807) is 0 Å². The highest BCUT2D eigenvalue weighted by Crippen LogP contribution is 2.01. The van der Waals surface area contributed by atoms with E-state index in [0.29, 0.717) is 0 Å². The topological polar surface area (TPSA) is 261 Å². The third-order valence-corrected chi connectivity index (χ3v) is 3.31. The molecule has 0 aromatic carbocycles. The van der Waals surface area contributed by atoms with Crippen molar-refractivity contribution in [3.63, 3.8) is 0 Å². The molecule has 3 atom stereocenters. The summed E-state index contributed by atoms with van der Waals surface area (Å²) in [7, 11) is 0. The van der Waals surface area contributed by atoms with Crippen molar-refractivity contribution >= 4 is 35.7 Å². The zero-order valence-electron chi connectivity index (χ0n) is 14.8. The van der Waals surface area contributed by atoms with Gasteiger partial charge in [0.25, 0.3) is 0 Å². The number of carbonyl (C=O) groups is 5. The summed E-state index contributed by atoms with van der Waals surface area (Å²) in [5.41, 5.74) is 15.8. The molecule has 2 amide bonds. The predicted octanol–water partition coefficient (Wildman–Crippen LogP) is -3.63. The maximum absolute atomic E-state index is 11.9. The molecule has 0 bridgehead atoms. The molecular formula is C14H24N6O8. The number of rotatable bonds is 13. The Labute approximate surface area is 159 Å². The van der Waals surface area contributed by atoms with E-state index in [1.807, 2.05) is 5.32 Å². The molecule has 0 aliphatic carbocycles. The molecule has 0 aliphatic heterocycles. The molecule has 0 aliphatic rings. The number of aliphatic imine (C=N–C) groups is 1. The first-order valence-electron chi connectivity index (χ1n) is 8.02. The summed E-state index contributed by atoms with van der Waals surface area (Å²) < 4.78 is 0. The van der Waals surface area contributed by atoms with Crippen LogP contribution >= 0.6 is 0 Å². The highest BCUT2D eigenvalue weighted by Gasteiger charge is 2.27. The second-order valence-corrected chi connectivity index (χ2v) is 5.72. The second kappa shape index (κ2) is 12.1. The van der Waals surface area contributed by atoms with Crippen molar-refractivity contribution in [1.29, 1.82) is 0 Å². The van der Waals surface area contributed by atoms with Crippen LogP contribution < -0.4 is 27.8 Å². The minimum absolute atomic E-state index is 0.0129. The molecule has 14 nitrogen and oxygen atoms in total. The minimum atomic E-state index is -1.72. The van der Waals surface area contributed by atoms with Crippen LogP contribution in [0.2, 0.25) is 0 Å². The maximum Gasteiger partial charge on any atom is 0.326 e.